The van der Waals surface area contributed by atoms with Crippen LogP contribution in [-0.2, 0) is 16.0 Å². The quantitative estimate of drug-likeness (QED) is 0.403. The molecule has 6 nitrogen and oxygen atoms in total. The number of aromatic nitrogens is 1. The Labute approximate surface area is 192 Å². The summed E-state index contributed by atoms with van der Waals surface area (Å²) in [6.45, 7) is 7.91. The van der Waals surface area contributed by atoms with Crippen LogP contribution in [0, 0.1) is 13.1 Å². The number of nitrogens with one attached hydrogen (secondary N) is 4. The molecule has 3 unspecified atom stereocenters. The summed E-state index contributed by atoms with van der Waals surface area (Å²) in [6, 6.07) is 3.23. The highest BCUT2D eigenvalue weighted by Gasteiger charge is 2.37. The van der Waals surface area contributed by atoms with Gasteiger partial charge >= 0.3 is 0 Å². The molecule has 2 heterocycles. The second-order valence-corrected chi connectivity index (χ2v) is 10.4. The van der Waals surface area contributed by atoms with E-state index in [1.807, 2.05) is 20.0 Å². The van der Waals surface area contributed by atoms with E-state index in [9.17, 15) is 9.59 Å². The van der Waals surface area contributed by atoms with E-state index in [0.29, 0.717) is 6.42 Å². The van der Waals surface area contributed by atoms with Crippen molar-refractivity contribution in [1.82, 2.24) is 20.9 Å². The van der Waals surface area contributed by atoms with E-state index in [1.54, 1.807) is 0 Å². The van der Waals surface area contributed by atoms with Crippen LogP contribution in [0.2, 0.25) is 0 Å². The van der Waals surface area contributed by atoms with Crippen LogP contribution < -0.4 is 16.0 Å². The zero-order valence-corrected chi connectivity index (χ0v) is 20.8. The predicted molar refractivity (Wildman–Crippen MR) is 128 cm³/mol. The van der Waals surface area contributed by atoms with Crippen LogP contribution in [0.15, 0.2) is 18.3 Å². The average Bonchev–Trinajstić information content (AvgIpc) is 3.00. The molecule has 2 aromatic rings. The maximum Gasteiger partial charge on any atom is 0.244 e. The Hall–Kier alpha value is -0.880. The Morgan fingerprint density at radius 1 is 1.18 bits per heavy atom. The Morgan fingerprint density at radius 2 is 1.89 bits per heavy atom. The highest BCUT2D eigenvalue weighted by Crippen LogP contribution is 2.28. The van der Waals surface area contributed by atoms with Crippen LogP contribution in [-0.4, -0.2) is 34.5 Å². The number of rotatable bonds is 4. The molecular weight excluding hydrogens is 582 g/mol. The van der Waals surface area contributed by atoms with Gasteiger partial charge in [-0.05, 0) is 82.6 Å². The summed E-state index contributed by atoms with van der Waals surface area (Å²) in [5.41, 5.74) is 1.41. The lowest BCUT2D eigenvalue weighted by molar-refractivity contribution is -0.135. The molecule has 0 bridgehead atoms. The van der Waals surface area contributed by atoms with Crippen molar-refractivity contribution in [3.8, 4) is 0 Å². The summed E-state index contributed by atoms with van der Waals surface area (Å²) in [6.07, 6.45) is 3.26. The van der Waals surface area contributed by atoms with Gasteiger partial charge < -0.3 is 15.6 Å². The summed E-state index contributed by atoms with van der Waals surface area (Å²) in [5.74, 6) is -0.138. The van der Waals surface area contributed by atoms with E-state index in [4.69, 9.17) is 0 Å². The van der Waals surface area contributed by atoms with Crippen LogP contribution in [0.4, 0.5) is 0 Å². The summed E-state index contributed by atoms with van der Waals surface area (Å²) < 4.78 is 2.29. The number of hydrogen-bond acceptors (Lipinski definition) is 3. The molecule has 3 rings (SSSR count). The van der Waals surface area contributed by atoms with Crippen LogP contribution >= 0.6 is 45.2 Å². The van der Waals surface area contributed by atoms with E-state index in [0.717, 1.165) is 30.0 Å². The summed E-state index contributed by atoms with van der Waals surface area (Å²) in [4.78, 5) is 29.1. The molecule has 1 aliphatic rings. The lowest BCUT2D eigenvalue weighted by Gasteiger charge is -2.39. The van der Waals surface area contributed by atoms with Gasteiger partial charge in [0.15, 0.2) is 0 Å². The maximum absolute atomic E-state index is 13.0. The first-order valence-electron chi connectivity index (χ1n) is 9.46. The van der Waals surface area contributed by atoms with Crippen LogP contribution in [0.5, 0.6) is 0 Å². The van der Waals surface area contributed by atoms with Crippen molar-refractivity contribution in [1.29, 1.82) is 0 Å². The fraction of sp³-hybridized carbons (Fsp3) is 0.500. The topological polar surface area (TPSA) is 86.0 Å². The third-order valence-corrected chi connectivity index (χ3v) is 6.76. The Balaban J connectivity index is 1.92. The molecule has 152 valence electrons. The molecule has 0 radical (unpaired) electrons. The molecule has 0 saturated carbocycles. The molecule has 1 fully saturated rings. The number of halogens is 2. The average molecular weight is 608 g/mol. The summed E-state index contributed by atoms with van der Waals surface area (Å²) in [7, 11) is 0. The van der Waals surface area contributed by atoms with E-state index >= 15 is 0 Å². The van der Waals surface area contributed by atoms with E-state index < -0.39 is 11.7 Å². The smallest absolute Gasteiger partial charge is 0.244 e. The molecule has 1 aliphatic heterocycles. The fourth-order valence-corrected chi connectivity index (χ4v) is 5.82. The Morgan fingerprint density at radius 3 is 2.57 bits per heavy atom. The van der Waals surface area contributed by atoms with Gasteiger partial charge in [-0.25, -0.2) is 0 Å². The number of H-pyrrole nitrogens is 1. The molecule has 0 aliphatic carbocycles. The second-order valence-electron chi connectivity index (χ2n) is 8.01. The zero-order chi connectivity index (χ0) is 20.6. The molecule has 0 spiro atoms. The van der Waals surface area contributed by atoms with Crippen LogP contribution in [0.1, 0.15) is 39.7 Å². The number of carbonyl (C=O) groups is 2. The highest BCUT2D eigenvalue weighted by atomic mass is 127. The van der Waals surface area contributed by atoms with E-state index in [-0.39, 0.29) is 23.8 Å². The zero-order valence-electron chi connectivity index (χ0n) is 16.5. The van der Waals surface area contributed by atoms with Gasteiger partial charge in [0.2, 0.25) is 11.8 Å². The van der Waals surface area contributed by atoms with Crippen molar-refractivity contribution in [2.45, 2.75) is 58.3 Å². The number of hydrogen-bond donors (Lipinski definition) is 4. The molecule has 1 saturated heterocycles. The van der Waals surface area contributed by atoms with E-state index in [2.05, 4.69) is 92.1 Å². The first-order chi connectivity index (χ1) is 13.1. The normalized spacial score (nSPS) is 23.6. The third-order valence-electron chi connectivity index (χ3n) is 5.28. The first-order valence-corrected chi connectivity index (χ1v) is 11.6. The maximum atomic E-state index is 13.0. The van der Waals surface area contributed by atoms with Crippen LogP contribution in [0.25, 0.3) is 10.9 Å². The third kappa shape index (κ3) is 4.64. The van der Waals surface area contributed by atoms with Crippen molar-refractivity contribution >= 4 is 67.9 Å². The van der Waals surface area contributed by atoms with Crippen molar-refractivity contribution in [3.63, 3.8) is 0 Å². The molecule has 8 heteroatoms. The summed E-state index contributed by atoms with van der Waals surface area (Å²) in [5, 5.41) is 10.4. The molecule has 1 aromatic heterocycles. The molecule has 4 N–H and O–H groups in total. The number of fused-ring (bicyclic) bond motifs is 1. The van der Waals surface area contributed by atoms with Gasteiger partial charge in [0.05, 0.1) is 11.7 Å². The summed E-state index contributed by atoms with van der Waals surface area (Å²) >= 11 is 4.62. The number of amides is 2. The number of benzene rings is 1. The number of aromatic amines is 1. The first kappa shape index (κ1) is 21.8. The lowest BCUT2D eigenvalue weighted by atomic mass is 9.94. The van der Waals surface area contributed by atoms with Gasteiger partial charge in [-0.15, -0.1) is 0 Å². The van der Waals surface area contributed by atoms with Gasteiger partial charge in [0.25, 0.3) is 0 Å². The molecule has 1 aromatic carbocycles. The minimum Gasteiger partial charge on any atom is -0.361 e. The van der Waals surface area contributed by atoms with Crippen LogP contribution in [0.3, 0.4) is 0 Å². The largest absolute Gasteiger partial charge is 0.361 e. The highest BCUT2D eigenvalue weighted by molar-refractivity contribution is 14.1. The Bertz CT molecular complexity index is 909. The van der Waals surface area contributed by atoms with E-state index in [1.165, 1.54) is 0 Å². The van der Waals surface area contributed by atoms with Gasteiger partial charge in [-0.3, -0.25) is 14.9 Å². The minimum atomic E-state index is -0.661. The Kier molecular flexibility index (Phi) is 6.60. The van der Waals surface area contributed by atoms with Gasteiger partial charge in [0.1, 0.15) is 6.04 Å². The van der Waals surface area contributed by atoms with Crippen molar-refractivity contribution in [3.05, 3.63) is 31.0 Å². The van der Waals surface area contributed by atoms with Gasteiger partial charge in [-0.1, -0.05) is 20.3 Å². The molecule has 28 heavy (non-hydrogen) atoms. The monoisotopic (exact) mass is 608 g/mol. The molecule has 3 atom stereocenters. The standard InChI is InChI=1S/C20H26I2N4O2/c1-5-10(2)17-19(28)24-15(18(27)26-20(3,4)25-17)6-11-9-23-14-8-12(21)7-13(22)16(11)14/h7-10,15,17,23,25H,5-6H2,1-4H3,(H,24,28)(H,26,27). The van der Waals surface area contributed by atoms with Crippen molar-refractivity contribution < 1.29 is 9.59 Å². The van der Waals surface area contributed by atoms with Crippen molar-refractivity contribution in [2.75, 3.05) is 0 Å². The SMILES string of the molecule is CCC(C)C1NC(C)(C)NC(=O)C(Cc2c[nH]c3cc(I)cc(I)c23)NC1=O. The predicted octanol–water partition coefficient (Wildman–Crippen LogP) is 3.27. The van der Waals surface area contributed by atoms with Gasteiger partial charge in [0, 0.05) is 30.7 Å². The second kappa shape index (κ2) is 8.47. The molecular formula is C20H26I2N4O2. The minimum absolute atomic E-state index is 0.119. The van der Waals surface area contributed by atoms with Crippen molar-refractivity contribution in [2.24, 2.45) is 5.92 Å². The molecule has 2 amide bonds. The van der Waals surface area contributed by atoms with Gasteiger partial charge in [-0.2, -0.15) is 0 Å². The number of carbonyl (C=O) groups excluding carboxylic acids is 2. The lowest BCUT2D eigenvalue weighted by Crippen LogP contribution is -2.69. The fourth-order valence-electron chi connectivity index (χ4n) is 3.62.